The highest BCUT2D eigenvalue weighted by molar-refractivity contribution is 7.92. The average Bonchev–Trinajstić information content (AvgIpc) is 2.88. The van der Waals surface area contributed by atoms with Crippen molar-refractivity contribution in [2.75, 3.05) is 17.9 Å². The maximum Gasteiger partial charge on any atom is 0.264 e. The summed E-state index contributed by atoms with van der Waals surface area (Å²) in [7, 11) is -2.74. The molecule has 3 rings (SSSR count). The van der Waals surface area contributed by atoms with Crippen molar-refractivity contribution in [3.63, 3.8) is 0 Å². The molecule has 3 aromatic carbocycles. The molecule has 0 bridgehead atoms. The normalized spacial score (nSPS) is 12.1. The molecule has 0 aliphatic rings. The molecule has 11 heteroatoms. The van der Waals surface area contributed by atoms with Crippen LogP contribution in [-0.4, -0.2) is 44.8 Å². The molecular weight excluding hydrogens is 569 g/mol. The molecular formula is C27H28Cl3N3O4S. The molecule has 0 fully saturated rings. The molecule has 1 atom stereocenters. The van der Waals surface area contributed by atoms with Crippen molar-refractivity contribution in [1.82, 2.24) is 10.2 Å². The highest BCUT2D eigenvalue weighted by Crippen LogP contribution is 2.31. The van der Waals surface area contributed by atoms with Gasteiger partial charge in [0, 0.05) is 23.6 Å². The second-order valence-corrected chi connectivity index (χ2v) is 11.7. The van der Waals surface area contributed by atoms with E-state index in [1.807, 2.05) is 6.92 Å². The monoisotopic (exact) mass is 595 g/mol. The number of amides is 2. The molecule has 1 unspecified atom stereocenters. The zero-order valence-corrected chi connectivity index (χ0v) is 24.2. The number of carbonyl (C=O) groups excluding carboxylic acids is 2. The number of rotatable bonds is 10. The third kappa shape index (κ3) is 6.80. The standard InChI is InChI=1S/C27H28Cl3N3O4S/c1-4-24(27(35)31-3)32(16-19-11-12-20(28)15-23(19)30)26(34)17-33(25-8-6-5-7-22(25)29)38(36,37)21-13-9-18(2)10-14-21/h5-15,24H,4,16-17H2,1-3H3,(H,31,35). The summed E-state index contributed by atoms with van der Waals surface area (Å²) in [6.45, 7) is 2.97. The number of halogens is 3. The molecule has 3 aromatic rings. The van der Waals surface area contributed by atoms with Crippen molar-refractivity contribution < 1.29 is 18.0 Å². The van der Waals surface area contributed by atoms with Crippen LogP contribution in [0.15, 0.2) is 71.6 Å². The van der Waals surface area contributed by atoms with E-state index >= 15 is 0 Å². The maximum atomic E-state index is 13.9. The number of benzene rings is 3. The number of hydrogen-bond acceptors (Lipinski definition) is 4. The highest BCUT2D eigenvalue weighted by Gasteiger charge is 2.34. The number of aryl methyl sites for hydroxylation is 1. The second kappa shape index (κ2) is 12.8. The molecule has 7 nitrogen and oxygen atoms in total. The van der Waals surface area contributed by atoms with Crippen LogP contribution in [0.4, 0.5) is 5.69 Å². The van der Waals surface area contributed by atoms with Crippen molar-refractivity contribution >= 4 is 62.3 Å². The summed E-state index contributed by atoms with van der Waals surface area (Å²) in [4.78, 5) is 28.0. The average molecular weight is 597 g/mol. The lowest BCUT2D eigenvalue weighted by Crippen LogP contribution is -2.51. The minimum absolute atomic E-state index is 0.00135. The third-order valence-electron chi connectivity index (χ3n) is 6.00. The van der Waals surface area contributed by atoms with Gasteiger partial charge in [-0.15, -0.1) is 0 Å². The number of hydrogen-bond donors (Lipinski definition) is 1. The Balaban J connectivity index is 2.09. The van der Waals surface area contributed by atoms with Gasteiger partial charge in [-0.1, -0.05) is 77.6 Å². The zero-order chi connectivity index (χ0) is 28.0. The molecule has 0 aliphatic heterocycles. The number of likely N-dealkylation sites (N-methyl/N-ethyl adjacent to an activating group) is 1. The fourth-order valence-corrected chi connectivity index (χ4v) is 6.11. The molecule has 0 spiro atoms. The zero-order valence-electron chi connectivity index (χ0n) is 21.1. The van der Waals surface area contributed by atoms with Gasteiger partial charge in [0.2, 0.25) is 11.8 Å². The summed E-state index contributed by atoms with van der Waals surface area (Å²) in [6.07, 6.45) is 0.285. The summed E-state index contributed by atoms with van der Waals surface area (Å²) >= 11 is 18.8. The first-order chi connectivity index (χ1) is 18.0. The lowest BCUT2D eigenvalue weighted by molar-refractivity contribution is -0.140. The van der Waals surface area contributed by atoms with Crippen molar-refractivity contribution in [2.45, 2.75) is 37.8 Å². The van der Waals surface area contributed by atoms with Gasteiger partial charge in [0.05, 0.1) is 15.6 Å². The Kier molecular flexibility index (Phi) is 10.1. The highest BCUT2D eigenvalue weighted by atomic mass is 35.5. The Morgan fingerprint density at radius 1 is 0.947 bits per heavy atom. The van der Waals surface area contributed by atoms with Crippen LogP contribution in [0.1, 0.15) is 24.5 Å². The first-order valence-electron chi connectivity index (χ1n) is 11.8. The molecule has 2 amide bonds. The smallest absolute Gasteiger partial charge is 0.264 e. The minimum atomic E-state index is -4.21. The van der Waals surface area contributed by atoms with Gasteiger partial charge in [-0.3, -0.25) is 13.9 Å². The van der Waals surface area contributed by atoms with Crippen molar-refractivity contribution in [2.24, 2.45) is 0 Å². The van der Waals surface area contributed by atoms with E-state index < -0.39 is 34.4 Å². The summed E-state index contributed by atoms with van der Waals surface area (Å²) in [5.41, 5.74) is 1.57. The van der Waals surface area contributed by atoms with Crippen LogP contribution in [0.3, 0.4) is 0 Å². The molecule has 0 heterocycles. The molecule has 0 aliphatic carbocycles. The molecule has 0 saturated heterocycles. The van der Waals surface area contributed by atoms with Gasteiger partial charge in [-0.05, 0) is 55.3 Å². The van der Waals surface area contributed by atoms with Crippen LogP contribution in [0.2, 0.25) is 15.1 Å². The van der Waals surface area contributed by atoms with Crippen molar-refractivity contribution in [1.29, 1.82) is 0 Å². The van der Waals surface area contributed by atoms with Crippen LogP contribution in [0.25, 0.3) is 0 Å². The van der Waals surface area contributed by atoms with E-state index in [1.165, 1.54) is 30.1 Å². The van der Waals surface area contributed by atoms with E-state index in [2.05, 4.69) is 5.32 Å². The molecule has 202 valence electrons. The lowest BCUT2D eigenvalue weighted by Gasteiger charge is -2.33. The Bertz CT molecular complexity index is 1420. The van der Waals surface area contributed by atoms with Crippen LogP contribution in [0.5, 0.6) is 0 Å². The van der Waals surface area contributed by atoms with Crippen molar-refractivity contribution in [3.05, 3.63) is 92.9 Å². The second-order valence-electron chi connectivity index (χ2n) is 8.57. The largest absolute Gasteiger partial charge is 0.357 e. The van der Waals surface area contributed by atoms with Gasteiger partial charge < -0.3 is 10.2 Å². The number of anilines is 1. The van der Waals surface area contributed by atoms with E-state index in [4.69, 9.17) is 34.8 Å². The topological polar surface area (TPSA) is 86.8 Å². The van der Waals surface area contributed by atoms with E-state index in [0.29, 0.717) is 15.6 Å². The van der Waals surface area contributed by atoms with E-state index in [-0.39, 0.29) is 28.6 Å². The Morgan fingerprint density at radius 2 is 1.61 bits per heavy atom. The van der Waals surface area contributed by atoms with Gasteiger partial charge in [-0.25, -0.2) is 8.42 Å². The predicted molar refractivity (Wildman–Crippen MR) is 152 cm³/mol. The van der Waals surface area contributed by atoms with E-state index in [1.54, 1.807) is 55.5 Å². The van der Waals surface area contributed by atoms with Gasteiger partial charge >= 0.3 is 0 Å². The number of carbonyl (C=O) groups is 2. The fraction of sp³-hybridized carbons (Fsp3) is 0.259. The summed E-state index contributed by atoms with van der Waals surface area (Å²) in [6, 6.07) is 16.6. The van der Waals surface area contributed by atoms with Gasteiger partial charge in [0.25, 0.3) is 10.0 Å². The Hall–Kier alpha value is -2.78. The first-order valence-corrected chi connectivity index (χ1v) is 14.4. The fourth-order valence-electron chi connectivity index (χ4n) is 3.92. The lowest BCUT2D eigenvalue weighted by atomic mass is 10.1. The molecule has 1 N–H and O–H groups in total. The van der Waals surface area contributed by atoms with Crippen LogP contribution >= 0.6 is 34.8 Å². The van der Waals surface area contributed by atoms with Gasteiger partial charge in [0.15, 0.2) is 0 Å². The number of nitrogens with zero attached hydrogens (tertiary/aromatic N) is 2. The van der Waals surface area contributed by atoms with Crippen LogP contribution in [-0.2, 0) is 26.2 Å². The molecule has 0 saturated carbocycles. The quantitative estimate of drug-likeness (QED) is 0.325. The maximum absolute atomic E-state index is 13.9. The molecule has 38 heavy (non-hydrogen) atoms. The van der Waals surface area contributed by atoms with Gasteiger partial charge in [0.1, 0.15) is 12.6 Å². The number of sulfonamides is 1. The summed E-state index contributed by atoms with van der Waals surface area (Å²) in [5.74, 6) is -1.00. The van der Waals surface area contributed by atoms with Crippen LogP contribution < -0.4 is 9.62 Å². The summed E-state index contributed by atoms with van der Waals surface area (Å²) in [5, 5.41) is 3.47. The Labute approximate surface area is 238 Å². The van der Waals surface area contributed by atoms with Crippen LogP contribution in [0, 0.1) is 6.92 Å². The van der Waals surface area contributed by atoms with E-state index in [9.17, 15) is 18.0 Å². The molecule has 0 aromatic heterocycles. The Morgan fingerprint density at radius 3 is 2.18 bits per heavy atom. The predicted octanol–water partition coefficient (Wildman–Crippen LogP) is 5.70. The first kappa shape index (κ1) is 29.8. The SMILES string of the molecule is CCC(C(=O)NC)N(Cc1ccc(Cl)cc1Cl)C(=O)CN(c1ccccc1Cl)S(=O)(=O)c1ccc(C)cc1. The minimum Gasteiger partial charge on any atom is -0.357 e. The van der Waals surface area contributed by atoms with Gasteiger partial charge in [-0.2, -0.15) is 0 Å². The number of nitrogens with one attached hydrogen (secondary N) is 1. The van der Waals surface area contributed by atoms with E-state index in [0.717, 1.165) is 9.87 Å². The summed E-state index contributed by atoms with van der Waals surface area (Å²) < 4.78 is 28.6. The molecule has 0 radical (unpaired) electrons. The van der Waals surface area contributed by atoms with Crippen molar-refractivity contribution in [3.8, 4) is 0 Å². The third-order valence-corrected chi connectivity index (χ3v) is 8.68. The number of para-hydroxylation sites is 1.